The number of ether oxygens (including phenoxy) is 1. The first-order chi connectivity index (χ1) is 7.31. The number of thiol groups is 1. The van der Waals surface area contributed by atoms with Crippen LogP contribution >= 0.6 is 12.6 Å². The Labute approximate surface area is 93.2 Å². The van der Waals surface area contributed by atoms with Crippen LogP contribution < -0.4 is 10.6 Å². The van der Waals surface area contributed by atoms with E-state index < -0.39 is 0 Å². The van der Waals surface area contributed by atoms with Crippen LogP contribution in [0, 0.1) is 0 Å². The lowest BCUT2D eigenvalue weighted by molar-refractivity contribution is 0.121. The van der Waals surface area contributed by atoms with Crippen molar-refractivity contribution in [2.45, 2.75) is 6.04 Å². The lowest BCUT2D eigenvalue weighted by Crippen LogP contribution is -2.36. The molecule has 0 amide bonds. The topological polar surface area (TPSA) is 77.4 Å². The van der Waals surface area contributed by atoms with E-state index in [9.17, 15) is 0 Å². The molecular weight excluding hydrogens is 216 g/mol. The highest BCUT2D eigenvalue weighted by molar-refractivity contribution is 7.80. The Morgan fingerprint density at radius 2 is 2.20 bits per heavy atom. The van der Waals surface area contributed by atoms with Gasteiger partial charge in [0.1, 0.15) is 0 Å². The van der Waals surface area contributed by atoms with Crippen molar-refractivity contribution in [3.63, 3.8) is 0 Å². The van der Waals surface area contributed by atoms with Gasteiger partial charge >= 0.3 is 0 Å². The summed E-state index contributed by atoms with van der Waals surface area (Å²) in [5.41, 5.74) is 5.72. The number of nitrogens with zero attached hydrogens (tertiary/aromatic N) is 3. The molecule has 1 fully saturated rings. The summed E-state index contributed by atoms with van der Waals surface area (Å²) in [6.07, 6.45) is 0. The van der Waals surface area contributed by atoms with Crippen LogP contribution in [0.25, 0.3) is 0 Å². The fourth-order valence-corrected chi connectivity index (χ4v) is 1.50. The zero-order valence-corrected chi connectivity index (χ0v) is 9.19. The smallest absolute Gasteiger partial charge is 0.266 e. The number of aromatic nitrogens is 2. The largest absolute Gasteiger partial charge is 0.378 e. The molecule has 0 bridgehead atoms. The second kappa shape index (κ2) is 4.82. The molecule has 7 heteroatoms. The number of hydrogen-bond donors (Lipinski definition) is 2. The minimum absolute atomic E-state index is 0.296. The first-order valence-corrected chi connectivity index (χ1v) is 5.47. The van der Waals surface area contributed by atoms with Gasteiger partial charge in [-0.1, -0.05) is 0 Å². The monoisotopic (exact) mass is 230 g/mol. The standard InChI is InChI=1S/C8H14N4O2S/c9-6(5-15)7-10-8(11-14-7)12-1-3-13-4-2-12/h6,15H,1-5,9H2/t6-/m0/s1. The molecule has 2 rings (SSSR count). The lowest BCUT2D eigenvalue weighted by Gasteiger charge is -2.24. The Morgan fingerprint density at radius 1 is 1.47 bits per heavy atom. The molecule has 0 aliphatic carbocycles. The summed E-state index contributed by atoms with van der Waals surface area (Å²) in [5.74, 6) is 1.52. The number of hydrogen-bond acceptors (Lipinski definition) is 7. The maximum atomic E-state index is 5.72. The fraction of sp³-hybridized carbons (Fsp3) is 0.750. The molecule has 6 nitrogen and oxygen atoms in total. The molecule has 1 atom stereocenters. The molecule has 1 aromatic rings. The van der Waals surface area contributed by atoms with Gasteiger partial charge in [-0.25, -0.2) is 0 Å². The molecule has 0 unspecified atom stereocenters. The third-order valence-corrected chi connectivity index (χ3v) is 2.63. The summed E-state index contributed by atoms with van der Waals surface area (Å²) >= 11 is 4.08. The summed E-state index contributed by atoms with van der Waals surface area (Å²) in [6, 6.07) is -0.296. The number of rotatable bonds is 3. The Kier molecular flexibility index (Phi) is 3.45. The predicted molar refractivity (Wildman–Crippen MR) is 58.1 cm³/mol. The SMILES string of the molecule is N[C@@H](CS)c1nc(N2CCOCC2)no1. The molecule has 1 aliphatic rings. The second-order valence-corrected chi connectivity index (χ2v) is 3.69. The van der Waals surface area contributed by atoms with E-state index in [0.29, 0.717) is 30.8 Å². The quantitative estimate of drug-likeness (QED) is 0.702. The van der Waals surface area contributed by atoms with E-state index in [1.165, 1.54) is 0 Å². The van der Waals surface area contributed by atoms with Crippen LogP contribution in [0.1, 0.15) is 11.9 Å². The van der Waals surface area contributed by atoms with Crippen molar-refractivity contribution in [2.75, 3.05) is 37.0 Å². The third kappa shape index (κ3) is 2.42. The minimum Gasteiger partial charge on any atom is -0.378 e. The van der Waals surface area contributed by atoms with Crippen LogP contribution in [0.15, 0.2) is 4.52 Å². The van der Waals surface area contributed by atoms with E-state index in [4.69, 9.17) is 15.0 Å². The second-order valence-electron chi connectivity index (χ2n) is 3.32. The van der Waals surface area contributed by atoms with Crippen LogP contribution in [-0.2, 0) is 4.74 Å². The summed E-state index contributed by atoms with van der Waals surface area (Å²) in [6.45, 7) is 2.97. The molecule has 2 N–H and O–H groups in total. The molecule has 15 heavy (non-hydrogen) atoms. The van der Waals surface area contributed by atoms with Gasteiger partial charge in [0.15, 0.2) is 0 Å². The van der Waals surface area contributed by atoms with E-state index in [-0.39, 0.29) is 6.04 Å². The molecule has 1 aromatic heterocycles. The Bertz CT molecular complexity index is 313. The van der Waals surface area contributed by atoms with Gasteiger partial charge in [0.05, 0.1) is 19.3 Å². The highest BCUT2D eigenvalue weighted by atomic mass is 32.1. The summed E-state index contributed by atoms with van der Waals surface area (Å²) in [7, 11) is 0. The van der Waals surface area contributed by atoms with Gasteiger partial charge in [-0.05, 0) is 5.16 Å². The average Bonchev–Trinajstić information content (AvgIpc) is 2.78. The number of nitrogens with two attached hydrogens (primary N) is 1. The molecule has 1 aliphatic heterocycles. The van der Waals surface area contributed by atoms with Gasteiger partial charge in [0.2, 0.25) is 5.89 Å². The zero-order valence-electron chi connectivity index (χ0n) is 8.30. The Balaban J connectivity index is 2.05. The van der Waals surface area contributed by atoms with Gasteiger partial charge in [-0.15, -0.1) is 0 Å². The van der Waals surface area contributed by atoms with Gasteiger partial charge in [0.25, 0.3) is 5.95 Å². The molecule has 84 valence electrons. The van der Waals surface area contributed by atoms with Crippen LogP contribution in [0.4, 0.5) is 5.95 Å². The minimum atomic E-state index is -0.296. The average molecular weight is 230 g/mol. The maximum absolute atomic E-state index is 5.72. The molecular formula is C8H14N4O2S. The van der Waals surface area contributed by atoms with Crippen molar-refractivity contribution >= 4 is 18.6 Å². The van der Waals surface area contributed by atoms with Gasteiger partial charge in [0, 0.05) is 18.8 Å². The summed E-state index contributed by atoms with van der Waals surface area (Å²) < 4.78 is 10.3. The first kappa shape index (κ1) is 10.7. The molecule has 1 saturated heterocycles. The zero-order chi connectivity index (χ0) is 10.7. The Morgan fingerprint density at radius 3 is 2.87 bits per heavy atom. The van der Waals surface area contributed by atoms with Crippen molar-refractivity contribution < 1.29 is 9.26 Å². The van der Waals surface area contributed by atoms with Gasteiger partial charge in [-0.3, -0.25) is 0 Å². The van der Waals surface area contributed by atoms with E-state index >= 15 is 0 Å². The summed E-state index contributed by atoms with van der Waals surface area (Å²) in [5, 5.41) is 3.88. The molecule has 0 spiro atoms. The molecule has 0 radical (unpaired) electrons. The van der Waals surface area contributed by atoms with Gasteiger partial charge in [-0.2, -0.15) is 17.6 Å². The lowest BCUT2D eigenvalue weighted by atomic mass is 10.4. The number of anilines is 1. The Hall–Kier alpha value is -0.790. The molecule has 2 heterocycles. The van der Waals surface area contributed by atoms with Crippen molar-refractivity contribution in [2.24, 2.45) is 5.73 Å². The maximum Gasteiger partial charge on any atom is 0.266 e. The van der Waals surface area contributed by atoms with E-state index in [0.717, 1.165) is 13.1 Å². The van der Waals surface area contributed by atoms with E-state index in [1.807, 2.05) is 4.90 Å². The first-order valence-electron chi connectivity index (χ1n) is 4.84. The van der Waals surface area contributed by atoms with Crippen LogP contribution in [0.5, 0.6) is 0 Å². The normalized spacial score (nSPS) is 19.2. The van der Waals surface area contributed by atoms with Crippen LogP contribution in [0.3, 0.4) is 0 Å². The highest BCUT2D eigenvalue weighted by Gasteiger charge is 2.19. The fourth-order valence-electron chi connectivity index (χ4n) is 1.35. The summed E-state index contributed by atoms with van der Waals surface area (Å²) in [4.78, 5) is 6.24. The predicted octanol–water partition coefficient (Wildman–Crippen LogP) is -0.164. The van der Waals surface area contributed by atoms with E-state index in [2.05, 4.69) is 22.8 Å². The molecule has 0 saturated carbocycles. The van der Waals surface area contributed by atoms with Crippen molar-refractivity contribution in [3.05, 3.63) is 5.89 Å². The van der Waals surface area contributed by atoms with Crippen LogP contribution in [0.2, 0.25) is 0 Å². The molecule has 0 aromatic carbocycles. The third-order valence-electron chi connectivity index (χ3n) is 2.24. The van der Waals surface area contributed by atoms with Crippen molar-refractivity contribution in [1.29, 1.82) is 0 Å². The van der Waals surface area contributed by atoms with Crippen molar-refractivity contribution in [3.8, 4) is 0 Å². The van der Waals surface area contributed by atoms with Crippen LogP contribution in [-0.4, -0.2) is 42.2 Å². The van der Waals surface area contributed by atoms with Crippen molar-refractivity contribution in [1.82, 2.24) is 10.1 Å². The highest BCUT2D eigenvalue weighted by Crippen LogP contribution is 2.15. The van der Waals surface area contributed by atoms with E-state index in [1.54, 1.807) is 0 Å². The number of morpholine rings is 1. The van der Waals surface area contributed by atoms with Gasteiger partial charge < -0.3 is 19.9 Å².